The number of rotatable bonds is 2. The lowest BCUT2D eigenvalue weighted by atomic mass is 9.98. The average molecular weight is 548 g/mol. The predicted octanol–water partition coefficient (Wildman–Crippen LogP) is 5.43. The maximum atomic E-state index is 15.3. The number of hydrogen-bond acceptors (Lipinski definition) is 5. The number of amides is 1. The van der Waals surface area contributed by atoms with Crippen LogP contribution in [0.1, 0.15) is 33.1 Å². The number of alkyl halides is 3. The second-order valence-corrected chi connectivity index (χ2v) is 10.0. The Bertz CT molecular complexity index is 1820. The number of anilines is 1. The molecule has 11 heteroatoms. The van der Waals surface area contributed by atoms with E-state index in [2.05, 4.69) is 9.97 Å². The smallest absolute Gasteiger partial charge is 0.382 e. The van der Waals surface area contributed by atoms with E-state index in [-0.39, 0.29) is 24.0 Å². The highest BCUT2D eigenvalue weighted by molar-refractivity contribution is 5.99. The minimum Gasteiger partial charge on any atom is -0.382 e. The normalized spacial score (nSPS) is 18.8. The van der Waals surface area contributed by atoms with Crippen molar-refractivity contribution in [1.29, 1.82) is 0 Å². The molecule has 0 saturated carbocycles. The third kappa shape index (κ3) is 3.80. The zero-order valence-electron chi connectivity index (χ0n) is 20.8. The lowest BCUT2D eigenvalue weighted by Gasteiger charge is -2.38. The number of morpholine rings is 1. The molecule has 7 nitrogen and oxygen atoms in total. The van der Waals surface area contributed by atoms with Crippen LogP contribution >= 0.6 is 0 Å². The molecule has 1 saturated heterocycles. The van der Waals surface area contributed by atoms with E-state index >= 15 is 4.39 Å². The molecule has 2 atom stereocenters. The summed E-state index contributed by atoms with van der Waals surface area (Å²) in [6.45, 7) is 0.573. The predicted molar refractivity (Wildman–Crippen MR) is 139 cm³/mol. The standard InChI is InChI=1S/C29H21F4N5O2/c30-21-12-22-23(38-14-35-13-24(38)27(34)36-22)11-20(21)28(39)37-7-8-40-25-10-17-9-16(3-6-19(17)26(25)37)15-1-4-18(5-2-15)29(31,32)33/h1-6,9,11-14,25-26H,7-8,10H2,(H2,34,36)/t25-,26+/m1/s1. The van der Waals surface area contributed by atoms with Crippen molar-refractivity contribution in [2.45, 2.75) is 24.7 Å². The van der Waals surface area contributed by atoms with Crippen molar-refractivity contribution in [2.24, 2.45) is 0 Å². The molecule has 7 rings (SSSR count). The van der Waals surface area contributed by atoms with Gasteiger partial charge < -0.3 is 15.4 Å². The third-order valence-electron chi connectivity index (χ3n) is 7.74. The van der Waals surface area contributed by atoms with E-state index in [0.29, 0.717) is 35.1 Å². The van der Waals surface area contributed by atoms with Crippen molar-refractivity contribution in [3.8, 4) is 11.1 Å². The van der Waals surface area contributed by atoms with Crippen LogP contribution in [0.4, 0.5) is 23.4 Å². The van der Waals surface area contributed by atoms with Crippen molar-refractivity contribution in [2.75, 3.05) is 18.9 Å². The molecule has 1 aliphatic heterocycles. The fourth-order valence-electron chi connectivity index (χ4n) is 5.83. The molecule has 0 spiro atoms. The van der Waals surface area contributed by atoms with Crippen molar-refractivity contribution in [3.63, 3.8) is 0 Å². The van der Waals surface area contributed by atoms with Crippen LogP contribution < -0.4 is 5.73 Å². The maximum Gasteiger partial charge on any atom is 0.416 e. The molecule has 0 bridgehead atoms. The number of halogens is 4. The lowest BCUT2D eigenvalue weighted by molar-refractivity contribution is -0.137. The number of imidazole rings is 1. The zero-order valence-corrected chi connectivity index (χ0v) is 20.8. The second kappa shape index (κ2) is 8.75. The van der Waals surface area contributed by atoms with Crippen LogP contribution in [-0.2, 0) is 17.3 Å². The summed E-state index contributed by atoms with van der Waals surface area (Å²) < 4.78 is 62.0. The minimum absolute atomic E-state index is 0.0930. The third-order valence-corrected chi connectivity index (χ3v) is 7.74. The molecule has 3 aromatic carbocycles. The van der Waals surface area contributed by atoms with Crippen molar-refractivity contribution < 1.29 is 27.1 Å². The number of nitrogens with zero attached hydrogens (tertiary/aromatic N) is 4. The number of carbonyl (C=O) groups excluding carboxylic acids is 1. The van der Waals surface area contributed by atoms with Gasteiger partial charge in [0.1, 0.15) is 17.2 Å². The first kappa shape index (κ1) is 24.5. The van der Waals surface area contributed by atoms with Crippen molar-refractivity contribution >= 4 is 28.3 Å². The van der Waals surface area contributed by atoms with Crippen LogP contribution in [0, 0.1) is 5.82 Å². The Hall–Kier alpha value is -4.51. The van der Waals surface area contributed by atoms with Gasteiger partial charge in [-0.3, -0.25) is 9.20 Å². The first-order valence-electron chi connectivity index (χ1n) is 12.6. The van der Waals surface area contributed by atoms with Gasteiger partial charge in [-0.25, -0.2) is 14.4 Å². The van der Waals surface area contributed by atoms with Gasteiger partial charge in [0.05, 0.1) is 53.4 Å². The van der Waals surface area contributed by atoms with E-state index in [9.17, 15) is 18.0 Å². The highest BCUT2D eigenvalue weighted by Crippen LogP contribution is 2.42. The Labute approximate surface area is 224 Å². The number of benzene rings is 3. The molecule has 0 unspecified atom stereocenters. The van der Waals surface area contributed by atoms with E-state index in [1.54, 1.807) is 15.5 Å². The fraction of sp³-hybridized carbons (Fsp3) is 0.207. The number of aromatic nitrogens is 3. The summed E-state index contributed by atoms with van der Waals surface area (Å²) in [5, 5.41) is 0. The van der Waals surface area contributed by atoms with Gasteiger partial charge in [0, 0.05) is 19.0 Å². The summed E-state index contributed by atoms with van der Waals surface area (Å²) in [6.07, 6.45) is -1.11. The lowest BCUT2D eigenvalue weighted by Crippen LogP contribution is -2.46. The van der Waals surface area contributed by atoms with Crippen LogP contribution in [0.5, 0.6) is 0 Å². The number of hydrogen-bond donors (Lipinski definition) is 1. The van der Waals surface area contributed by atoms with E-state index in [1.165, 1.54) is 30.6 Å². The van der Waals surface area contributed by atoms with E-state index in [4.69, 9.17) is 10.5 Å². The van der Waals surface area contributed by atoms with Gasteiger partial charge in [-0.15, -0.1) is 0 Å². The SMILES string of the molecule is Nc1nc2cc(F)c(C(=O)N3CCO[C@@H]4Cc5cc(-c6ccc(C(F)(F)F)cc6)ccc5[C@@H]43)cc2n2cncc12. The Morgan fingerprint density at radius 2 is 1.80 bits per heavy atom. The number of ether oxygens (including phenoxy) is 1. The summed E-state index contributed by atoms with van der Waals surface area (Å²) in [5.41, 5.74) is 9.77. The van der Waals surface area contributed by atoms with Crippen molar-refractivity contribution in [3.05, 3.63) is 95.2 Å². The fourth-order valence-corrected chi connectivity index (χ4v) is 5.83. The quantitative estimate of drug-likeness (QED) is 0.298. The molecular weight excluding hydrogens is 526 g/mol. The summed E-state index contributed by atoms with van der Waals surface area (Å²) in [4.78, 5) is 23.8. The molecule has 2 aliphatic rings. The number of nitrogen functional groups attached to an aromatic ring is 1. The Kier molecular flexibility index (Phi) is 5.36. The summed E-state index contributed by atoms with van der Waals surface area (Å²) in [5.74, 6) is -0.969. The first-order valence-corrected chi connectivity index (χ1v) is 12.6. The molecule has 0 radical (unpaired) electrons. The molecule has 3 heterocycles. The Morgan fingerprint density at radius 1 is 1.02 bits per heavy atom. The van der Waals surface area contributed by atoms with Gasteiger partial charge in [0.2, 0.25) is 0 Å². The van der Waals surface area contributed by atoms with E-state index in [1.807, 2.05) is 18.2 Å². The molecule has 2 aromatic heterocycles. The zero-order chi connectivity index (χ0) is 27.8. The van der Waals surface area contributed by atoms with Gasteiger partial charge in [-0.05, 0) is 40.5 Å². The molecule has 1 aliphatic carbocycles. The highest BCUT2D eigenvalue weighted by atomic mass is 19.4. The molecular formula is C29H21F4N5O2. The maximum absolute atomic E-state index is 15.3. The summed E-state index contributed by atoms with van der Waals surface area (Å²) in [6, 6.07) is 12.9. The van der Waals surface area contributed by atoms with Crippen LogP contribution in [0.2, 0.25) is 0 Å². The summed E-state index contributed by atoms with van der Waals surface area (Å²) >= 11 is 0. The molecule has 1 amide bonds. The van der Waals surface area contributed by atoms with Crippen LogP contribution in [0.25, 0.3) is 27.7 Å². The first-order chi connectivity index (χ1) is 19.2. The summed E-state index contributed by atoms with van der Waals surface area (Å²) in [7, 11) is 0. The van der Waals surface area contributed by atoms with Crippen LogP contribution in [0.15, 0.2) is 67.1 Å². The molecule has 5 aromatic rings. The largest absolute Gasteiger partial charge is 0.416 e. The van der Waals surface area contributed by atoms with E-state index in [0.717, 1.165) is 28.8 Å². The van der Waals surface area contributed by atoms with Gasteiger partial charge >= 0.3 is 6.18 Å². The van der Waals surface area contributed by atoms with Crippen molar-refractivity contribution in [1.82, 2.24) is 19.3 Å². The Morgan fingerprint density at radius 3 is 2.58 bits per heavy atom. The monoisotopic (exact) mass is 547 g/mol. The topological polar surface area (TPSA) is 85.8 Å². The molecule has 40 heavy (non-hydrogen) atoms. The number of nitrogens with two attached hydrogens (primary N) is 1. The number of carbonyl (C=O) groups is 1. The Balaban J connectivity index is 1.24. The minimum atomic E-state index is -4.40. The van der Waals surface area contributed by atoms with E-state index < -0.39 is 29.5 Å². The van der Waals surface area contributed by atoms with Gasteiger partial charge in [-0.1, -0.05) is 30.3 Å². The average Bonchev–Trinajstić information content (AvgIpc) is 3.57. The molecule has 2 N–H and O–H groups in total. The van der Waals surface area contributed by atoms with Gasteiger partial charge in [0.15, 0.2) is 0 Å². The molecule has 1 fully saturated rings. The van der Waals surface area contributed by atoms with Crippen LogP contribution in [0.3, 0.4) is 0 Å². The van der Waals surface area contributed by atoms with Crippen LogP contribution in [-0.4, -0.2) is 44.4 Å². The van der Waals surface area contributed by atoms with Gasteiger partial charge in [0.25, 0.3) is 5.91 Å². The molecule has 202 valence electrons. The highest BCUT2D eigenvalue weighted by Gasteiger charge is 2.43. The second-order valence-electron chi connectivity index (χ2n) is 10.0. The number of fused-ring (bicyclic) bond motifs is 6. The van der Waals surface area contributed by atoms with Gasteiger partial charge in [-0.2, -0.15) is 13.2 Å².